The van der Waals surface area contributed by atoms with Gasteiger partial charge in [-0.3, -0.25) is 9.78 Å². The van der Waals surface area contributed by atoms with Crippen molar-refractivity contribution in [1.29, 1.82) is 0 Å². The predicted molar refractivity (Wildman–Crippen MR) is 119 cm³/mol. The molecule has 1 unspecified atom stereocenters. The van der Waals surface area contributed by atoms with E-state index in [-0.39, 0.29) is 22.5 Å². The van der Waals surface area contributed by atoms with Gasteiger partial charge >= 0.3 is 6.18 Å². The van der Waals surface area contributed by atoms with Gasteiger partial charge in [-0.2, -0.15) is 13.2 Å². The fourth-order valence-corrected chi connectivity index (χ4v) is 4.62. The molecule has 0 amide bonds. The number of pyridine rings is 1. The van der Waals surface area contributed by atoms with Crippen molar-refractivity contribution in [3.63, 3.8) is 0 Å². The van der Waals surface area contributed by atoms with Crippen molar-refractivity contribution < 1.29 is 22.4 Å². The molecule has 12 heteroatoms. The van der Waals surface area contributed by atoms with Crippen LogP contribution in [0.3, 0.4) is 0 Å². The van der Waals surface area contributed by atoms with E-state index in [4.69, 9.17) is 5.73 Å². The van der Waals surface area contributed by atoms with Gasteiger partial charge in [-0.05, 0) is 43.5 Å². The van der Waals surface area contributed by atoms with Crippen LogP contribution in [0.4, 0.5) is 23.4 Å². The molecule has 0 bridgehead atoms. The van der Waals surface area contributed by atoms with Gasteiger partial charge < -0.3 is 11.1 Å². The van der Waals surface area contributed by atoms with Gasteiger partial charge in [0.1, 0.15) is 28.4 Å². The highest BCUT2D eigenvalue weighted by molar-refractivity contribution is 7.16. The number of aromatic nitrogens is 4. The van der Waals surface area contributed by atoms with Crippen molar-refractivity contribution in [2.24, 2.45) is 5.73 Å². The quantitative estimate of drug-likeness (QED) is 0.333. The second-order valence-electron chi connectivity index (χ2n) is 8.26. The lowest BCUT2D eigenvalue weighted by Gasteiger charge is -2.41. The number of hydrogen-bond acceptors (Lipinski definition) is 8. The van der Waals surface area contributed by atoms with Gasteiger partial charge in [0.25, 0.3) is 0 Å². The number of thiazole rings is 1. The lowest BCUT2D eigenvalue weighted by molar-refractivity contribution is -0.148. The molecule has 1 aliphatic carbocycles. The molecule has 1 atom stereocenters. The van der Waals surface area contributed by atoms with Gasteiger partial charge in [0.15, 0.2) is 5.78 Å². The first kappa shape index (κ1) is 24.1. The van der Waals surface area contributed by atoms with Gasteiger partial charge in [-0.1, -0.05) is 6.42 Å². The molecule has 0 aliphatic heterocycles. The normalized spacial score (nSPS) is 16.0. The SMILES string of the molecule is NC(CCC(=O)c1cnc(-c2ccc(NCC3(c4ncccc4F)CCC3)nn2)s1)C(F)(F)F. The fraction of sp³-hybridized carbons (Fsp3) is 0.409. The van der Waals surface area contributed by atoms with Crippen molar-refractivity contribution in [2.75, 3.05) is 11.9 Å². The van der Waals surface area contributed by atoms with Crippen LogP contribution in [0.1, 0.15) is 47.5 Å². The van der Waals surface area contributed by atoms with Crippen molar-refractivity contribution in [3.8, 4) is 10.7 Å². The zero-order chi connectivity index (χ0) is 24.3. The Hall–Kier alpha value is -2.99. The summed E-state index contributed by atoms with van der Waals surface area (Å²) in [4.78, 5) is 20.8. The first-order valence-corrected chi connectivity index (χ1v) is 11.5. The third-order valence-electron chi connectivity index (χ3n) is 5.95. The Morgan fingerprint density at radius 2 is 2.00 bits per heavy atom. The van der Waals surface area contributed by atoms with Crippen molar-refractivity contribution >= 4 is 22.9 Å². The molecule has 4 rings (SSSR count). The molecule has 0 aromatic carbocycles. The number of carbonyl (C=O) groups excluding carboxylic acids is 1. The van der Waals surface area contributed by atoms with Crippen molar-refractivity contribution in [3.05, 3.63) is 53.0 Å². The Kier molecular flexibility index (Phi) is 6.89. The number of rotatable bonds is 9. The molecule has 1 aliphatic rings. The lowest BCUT2D eigenvalue weighted by Crippen LogP contribution is -2.42. The molecule has 180 valence electrons. The van der Waals surface area contributed by atoms with E-state index in [1.807, 2.05) is 0 Å². The average molecular weight is 495 g/mol. The average Bonchev–Trinajstić information content (AvgIpc) is 3.28. The first-order chi connectivity index (χ1) is 16.2. The molecule has 3 heterocycles. The van der Waals surface area contributed by atoms with Gasteiger partial charge in [0.05, 0.1) is 10.6 Å². The van der Waals surface area contributed by atoms with Crippen LogP contribution < -0.4 is 11.1 Å². The monoisotopic (exact) mass is 494 g/mol. The van der Waals surface area contributed by atoms with E-state index in [1.54, 1.807) is 24.4 Å². The van der Waals surface area contributed by atoms with Crippen molar-refractivity contribution in [2.45, 2.75) is 49.7 Å². The molecule has 0 saturated heterocycles. The van der Waals surface area contributed by atoms with E-state index in [0.717, 1.165) is 30.6 Å². The summed E-state index contributed by atoms with van der Waals surface area (Å²) in [6, 6.07) is 4.32. The third-order valence-corrected chi connectivity index (χ3v) is 7.01. The maximum absolute atomic E-state index is 14.3. The molecule has 1 fully saturated rings. The van der Waals surface area contributed by atoms with E-state index < -0.39 is 24.4 Å². The number of anilines is 1. The zero-order valence-corrected chi connectivity index (χ0v) is 18.8. The minimum absolute atomic E-state index is 0.234. The van der Waals surface area contributed by atoms with Crippen LogP contribution in [0.5, 0.6) is 0 Å². The number of carbonyl (C=O) groups is 1. The summed E-state index contributed by atoms with van der Waals surface area (Å²) in [7, 11) is 0. The first-order valence-electron chi connectivity index (χ1n) is 10.7. The molecular formula is C22H22F4N6OS. The van der Waals surface area contributed by atoms with E-state index >= 15 is 0 Å². The summed E-state index contributed by atoms with van der Waals surface area (Å²) in [6.45, 7) is 0.463. The maximum atomic E-state index is 14.3. The number of nitrogens with zero attached hydrogens (tertiary/aromatic N) is 4. The lowest BCUT2D eigenvalue weighted by atomic mass is 9.66. The minimum atomic E-state index is -4.53. The molecule has 3 aromatic rings. The van der Waals surface area contributed by atoms with E-state index in [2.05, 4.69) is 25.5 Å². The van der Waals surface area contributed by atoms with E-state index in [0.29, 0.717) is 28.8 Å². The number of halogens is 4. The smallest absolute Gasteiger partial charge is 0.368 e. The van der Waals surface area contributed by atoms with Crippen LogP contribution in [0, 0.1) is 5.82 Å². The number of Topliss-reactive ketones (excluding diaryl/α,β-unsaturated/α-hetero) is 1. The summed E-state index contributed by atoms with van der Waals surface area (Å²) < 4.78 is 51.8. The standard InChI is InChI=1S/C22H22F4N6OS/c23-13-3-1-10-28-19(13)21(8-2-9-21)12-30-18-7-4-14(31-32-18)20-29-11-16(34-20)15(33)5-6-17(27)22(24,25)26/h1,3-4,7,10-11,17H,2,5-6,8-9,12,27H2,(H,30,32). The third kappa shape index (κ3) is 5.22. The molecule has 3 aromatic heterocycles. The molecule has 34 heavy (non-hydrogen) atoms. The Morgan fingerprint density at radius 1 is 1.21 bits per heavy atom. The Morgan fingerprint density at radius 3 is 2.62 bits per heavy atom. The second-order valence-corrected chi connectivity index (χ2v) is 9.30. The maximum Gasteiger partial charge on any atom is 0.403 e. The number of nitrogens with one attached hydrogen (secondary N) is 1. The summed E-state index contributed by atoms with van der Waals surface area (Å²) in [5, 5.41) is 11.9. The summed E-state index contributed by atoms with van der Waals surface area (Å²) in [5.74, 6) is -0.275. The topological polar surface area (TPSA) is 107 Å². The second kappa shape index (κ2) is 9.71. The molecule has 3 N–H and O–H groups in total. The van der Waals surface area contributed by atoms with Gasteiger partial charge in [-0.25, -0.2) is 9.37 Å². The summed E-state index contributed by atoms with van der Waals surface area (Å²) in [5.41, 5.74) is 5.55. The summed E-state index contributed by atoms with van der Waals surface area (Å²) in [6.07, 6.45) is 0.202. The number of nitrogens with two attached hydrogens (primary N) is 1. The zero-order valence-electron chi connectivity index (χ0n) is 18.0. The van der Waals surface area contributed by atoms with E-state index in [9.17, 15) is 22.4 Å². The van der Waals surface area contributed by atoms with Crippen LogP contribution in [0.25, 0.3) is 10.7 Å². The number of alkyl halides is 3. The van der Waals surface area contributed by atoms with Crippen LogP contribution >= 0.6 is 11.3 Å². The Bertz CT molecular complexity index is 1150. The molecule has 0 radical (unpaired) electrons. The largest absolute Gasteiger partial charge is 0.403 e. The summed E-state index contributed by atoms with van der Waals surface area (Å²) >= 11 is 1.03. The van der Waals surface area contributed by atoms with Crippen LogP contribution in [0.15, 0.2) is 36.7 Å². The van der Waals surface area contributed by atoms with Gasteiger partial charge in [0, 0.05) is 30.8 Å². The Labute approximate surface area is 196 Å². The molecule has 7 nitrogen and oxygen atoms in total. The van der Waals surface area contributed by atoms with Crippen LogP contribution in [-0.4, -0.2) is 44.7 Å². The minimum Gasteiger partial charge on any atom is -0.368 e. The van der Waals surface area contributed by atoms with Crippen molar-refractivity contribution in [1.82, 2.24) is 20.2 Å². The molecular weight excluding hydrogens is 472 g/mol. The highest BCUT2D eigenvalue weighted by Crippen LogP contribution is 2.43. The highest BCUT2D eigenvalue weighted by Gasteiger charge is 2.42. The van der Waals surface area contributed by atoms with Crippen LogP contribution in [-0.2, 0) is 5.41 Å². The Balaban J connectivity index is 1.36. The van der Waals surface area contributed by atoms with Gasteiger partial charge in [-0.15, -0.1) is 21.5 Å². The highest BCUT2D eigenvalue weighted by atomic mass is 32.1. The van der Waals surface area contributed by atoms with E-state index in [1.165, 1.54) is 12.3 Å². The number of hydrogen-bond donors (Lipinski definition) is 2. The predicted octanol–water partition coefficient (Wildman–Crippen LogP) is 4.52. The molecule has 1 saturated carbocycles. The van der Waals surface area contributed by atoms with Crippen LogP contribution in [0.2, 0.25) is 0 Å². The fourth-order valence-electron chi connectivity index (χ4n) is 3.77. The molecule has 0 spiro atoms. The number of ketones is 1. The van der Waals surface area contributed by atoms with Gasteiger partial charge in [0.2, 0.25) is 0 Å².